The van der Waals surface area contributed by atoms with Crippen molar-refractivity contribution in [2.75, 3.05) is 5.32 Å². The Kier molecular flexibility index (Phi) is 5.66. The maximum atomic E-state index is 13.7. The van der Waals surface area contributed by atoms with Gasteiger partial charge in [-0.3, -0.25) is 9.55 Å². The molecule has 4 atom stereocenters. The predicted molar refractivity (Wildman–Crippen MR) is 117 cm³/mol. The zero-order chi connectivity index (χ0) is 22.8. The van der Waals surface area contributed by atoms with Gasteiger partial charge in [-0.1, -0.05) is 24.0 Å². The summed E-state index contributed by atoms with van der Waals surface area (Å²) in [6.45, 7) is 0. The van der Waals surface area contributed by atoms with Crippen LogP contribution in [0.3, 0.4) is 0 Å². The molecule has 0 amide bonds. The molecule has 0 aliphatic carbocycles. The highest BCUT2D eigenvalue weighted by molar-refractivity contribution is 5.85. The molecule has 3 aromatic heterocycles. The van der Waals surface area contributed by atoms with Crippen LogP contribution in [0.4, 0.5) is 15.9 Å². The zero-order valence-corrected chi connectivity index (χ0v) is 17.2. The van der Waals surface area contributed by atoms with E-state index in [-0.39, 0.29) is 12.0 Å². The Labute approximate surface area is 187 Å². The van der Waals surface area contributed by atoms with Crippen molar-refractivity contribution in [2.45, 2.75) is 31.0 Å². The Hall–Kier alpha value is -3.91. The van der Waals surface area contributed by atoms with Crippen LogP contribution in [0.5, 0.6) is 0 Å². The third-order valence-corrected chi connectivity index (χ3v) is 5.29. The fourth-order valence-electron chi connectivity index (χ4n) is 3.64. The van der Waals surface area contributed by atoms with Crippen molar-refractivity contribution in [3.63, 3.8) is 0 Å². The fourth-order valence-corrected chi connectivity index (χ4v) is 3.64. The molecule has 1 aromatic carbocycles. The minimum atomic E-state index is -1.23. The van der Waals surface area contributed by atoms with E-state index >= 15 is 0 Å². The van der Waals surface area contributed by atoms with E-state index < -0.39 is 30.4 Å². The molecule has 4 heterocycles. The lowest BCUT2D eigenvalue weighted by Gasteiger charge is -2.16. The van der Waals surface area contributed by atoms with E-state index in [0.717, 1.165) is 5.69 Å². The molecule has 1 aliphatic heterocycles. The van der Waals surface area contributed by atoms with Crippen LogP contribution in [0.1, 0.15) is 18.2 Å². The van der Waals surface area contributed by atoms with Crippen LogP contribution in [0.15, 0.2) is 61.4 Å². The maximum absolute atomic E-state index is 13.7. The van der Waals surface area contributed by atoms with Crippen molar-refractivity contribution in [1.29, 1.82) is 0 Å². The van der Waals surface area contributed by atoms with E-state index in [9.17, 15) is 14.6 Å². The highest BCUT2D eigenvalue weighted by Gasteiger charge is 2.44. The van der Waals surface area contributed by atoms with Gasteiger partial charge in [-0.2, -0.15) is 0 Å². The molecule has 10 heteroatoms. The molecule has 0 spiro atoms. The summed E-state index contributed by atoms with van der Waals surface area (Å²) in [5.74, 6) is 5.60. The lowest BCUT2D eigenvalue weighted by molar-refractivity contribution is -0.0332. The number of aromatic nitrogens is 5. The number of nitrogens with zero attached hydrogens (tertiary/aromatic N) is 5. The molecule has 1 aliphatic rings. The van der Waals surface area contributed by atoms with Gasteiger partial charge in [0, 0.05) is 12.6 Å². The van der Waals surface area contributed by atoms with Crippen LogP contribution < -0.4 is 5.32 Å². The molecule has 3 N–H and O–H groups in total. The molecule has 1 fully saturated rings. The smallest absolute Gasteiger partial charge is 0.167 e. The predicted octanol–water partition coefficient (Wildman–Crippen LogP) is 2.17. The number of nitrogens with one attached hydrogen (secondary N) is 1. The van der Waals surface area contributed by atoms with Crippen molar-refractivity contribution in [1.82, 2.24) is 24.5 Å². The van der Waals surface area contributed by atoms with Gasteiger partial charge in [0.15, 0.2) is 23.2 Å². The van der Waals surface area contributed by atoms with Crippen molar-refractivity contribution < 1.29 is 19.3 Å². The monoisotopic (exact) mass is 446 g/mol. The Balaban J connectivity index is 1.37. The summed E-state index contributed by atoms with van der Waals surface area (Å²) in [6.07, 6.45) is 2.16. The Morgan fingerprint density at radius 3 is 2.79 bits per heavy atom. The van der Waals surface area contributed by atoms with Crippen LogP contribution in [0.25, 0.3) is 11.2 Å². The van der Waals surface area contributed by atoms with E-state index in [4.69, 9.17) is 4.74 Å². The quantitative estimate of drug-likeness (QED) is 0.408. The number of ether oxygens (including phenoxy) is 1. The molecule has 0 saturated carbocycles. The van der Waals surface area contributed by atoms with Crippen molar-refractivity contribution in [2.24, 2.45) is 0 Å². The average molecular weight is 446 g/mol. The summed E-state index contributed by atoms with van der Waals surface area (Å²) in [5, 5.41) is 24.3. The van der Waals surface area contributed by atoms with Gasteiger partial charge >= 0.3 is 0 Å². The summed E-state index contributed by atoms with van der Waals surface area (Å²) in [6, 6.07) is 9.80. The molecule has 166 valence electrons. The Bertz CT molecular complexity index is 1340. The minimum Gasteiger partial charge on any atom is -0.387 e. The fraction of sp³-hybridized carbons (Fsp3) is 0.217. The van der Waals surface area contributed by atoms with E-state index in [0.29, 0.717) is 17.0 Å². The minimum absolute atomic E-state index is 0.110. The third kappa shape index (κ3) is 4.12. The highest BCUT2D eigenvalue weighted by atomic mass is 19.1. The van der Waals surface area contributed by atoms with Crippen LogP contribution >= 0.6 is 0 Å². The molecular weight excluding hydrogens is 427 g/mol. The average Bonchev–Trinajstić information content (AvgIpc) is 3.38. The number of pyridine rings is 1. The SMILES string of the molecule is O[C@@H]1[C@H](O)[C@@H](CC#Cc2ccccc2F)O[C@H]1n1cnc2c(Nc3cccnc3)ncnc21. The number of halogens is 1. The number of aliphatic hydroxyl groups is 2. The van der Waals surface area contributed by atoms with Gasteiger partial charge in [-0.25, -0.2) is 19.3 Å². The standard InChI is InChI=1S/C23H19FN6O3/c24-16-8-2-1-5-14(16)6-3-9-17-19(31)20(32)23(33-17)30-13-28-18-21(26-12-27-22(18)30)29-15-7-4-10-25-11-15/h1-2,4-5,7-8,10-13,17,19-20,23,31-32H,9H2,(H,26,27,29)/t17-,19-,20-,23-/m1/s1. The molecule has 0 radical (unpaired) electrons. The number of rotatable bonds is 4. The van der Waals surface area contributed by atoms with E-state index in [1.54, 1.807) is 41.2 Å². The van der Waals surface area contributed by atoms with Gasteiger partial charge in [0.05, 0.1) is 29.9 Å². The van der Waals surface area contributed by atoms with Crippen molar-refractivity contribution in [3.05, 3.63) is 72.8 Å². The summed E-state index contributed by atoms with van der Waals surface area (Å²) >= 11 is 0. The molecule has 0 unspecified atom stereocenters. The van der Waals surface area contributed by atoms with Gasteiger partial charge < -0.3 is 20.3 Å². The van der Waals surface area contributed by atoms with Crippen molar-refractivity contribution in [3.8, 4) is 11.8 Å². The summed E-state index contributed by atoms with van der Waals surface area (Å²) in [4.78, 5) is 16.9. The van der Waals surface area contributed by atoms with Crippen molar-refractivity contribution >= 4 is 22.7 Å². The molecule has 9 nitrogen and oxygen atoms in total. The number of aliphatic hydroxyl groups excluding tert-OH is 2. The topological polar surface area (TPSA) is 118 Å². The third-order valence-electron chi connectivity index (χ3n) is 5.29. The zero-order valence-electron chi connectivity index (χ0n) is 17.2. The second-order valence-electron chi connectivity index (χ2n) is 7.45. The first-order valence-electron chi connectivity index (χ1n) is 10.2. The number of hydrogen-bond acceptors (Lipinski definition) is 8. The van der Waals surface area contributed by atoms with E-state index in [1.165, 1.54) is 18.7 Å². The number of imidazole rings is 1. The lowest BCUT2D eigenvalue weighted by atomic mass is 10.1. The molecule has 1 saturated heterocycles. The van der Waals surface area contributed by atoms with Gasteiger partial charge in [0.1, 0.15) is 24.4 Å². The first kappa shape index (κ1) is 21.0. The number of anilines is 2. The normalized spacial score (nSPS) is 22.2. The van der Waals surface area contributed by atoms with E-state index in [2.05, 4.69) is 37.1 Å². The Morgan fingerprint density at radius 1 is 1.09 bits per heavy atom. The molecular formula is C23H19FN6O3. The summed E-state index contributed by atoms with van der Waals surface area (Å²) < 4.78 is 21.2. The molecule has 4 aromatic rings. The van der Waals surface area contributed by atoms with Gasteiger partial charge in [-0.15, -0.1) is 0 Å². The summed E-state index contributed by atoms with van der Waals surface area (Å²) in [5.41, 5.74) is 1.88. The largest absolute Gasteiger partial charge is 0.387 e. The maximum Gasteiger partial charge on any atom is 0.167 e. The van der Waals surface area contributed by atoms with Gasteiger partial charge in [0.25, 0.3) is 0 Å². The summed E-state index contributed by atoms with van der Waals surface area (Å²) in [7, 11) is 0. The second-order valence-corrected chi connectivity index (χ2v) is 7.45. The van der Waals surface area contributed by atoms with Crippen LogP contribution in [0, 0.1) is 17.7 Å². The number of benzene rings is 1. The number of fused-ring (bicyclic) bond motifs is 1. The van der Waals surface area contributed by atoms with Crippen LogP contribution in [-0.4, -0.2) is 53.0 Å². The van der Waals surface area contributed by atoms with E-state index in [1.807, 2.05) is 6.07 Å². The molecule has 33 heavy (non-hydrogen) atoms. The first-order chi connectivity index (χ1) is 16.1. The van der Waals surface area contributed by atoms with Crippen LogP contribution in [-0.2, 0) is 4.74 Å². The number of hydrogen-bond donors (Lipinski definition) is 3. The second kappa shape index (κ2) is 8.91. The highest BCUT2D eigenvalue weighted by Crippen LogP contribution is 2.33. The van der Waals surface area contributed by atoms with Gasteiger partial charge in [-0.05, 0) is 24.3 Å². The molecule has 5 rings (SSSR count). The van der Waals surface area contributed by atoms with Crippen LogP contribution in [0.2, 0.25) is 0 Å². The lowest BCUT2D eigenvalue weighted by Crippen LogP contribution is -2.31. The Morgan fingerprint density at radius 2 is 1.97 bits per heavy atom. The first-order valence-corrected chi connectivity index (χ1v) is 10.2. The molecule has 0 bridgehead atoms. The van der Waals surface area contributed by atoms with Gasteiger partial charge in [0.2, 0.25) is 0 Å².